The van der Waals surface area contributed by atoms with Crippen LogP contribution in [-0.2, 0) is 17.9 Å². The molecule has 1 heterocycles. The first-order valence-corrected chi connectivity index (χ1v) is 8.39. The minimum atomic E-state index is -0.0931. The Labute approximate surface area is 134 Å². The Morgan fingerprint density at radius 1 is 1.36 bits per heavy atom. The number of hydrogen-bond acceptors (Lipinski definition) is 3. The zero-order valence-corrected chi connectivity index (χ0v) is 13.8. The predicted octanol–water partition coefficient (Wildman–Crippen LogP) is 2.41. The fourth-order valence-electron chi connectivity index (χ4n) is 3.05. The van der Waals surface area contributed by atoms with Crippen molar-refractivity contribution in [2.75, 3.05) is 6.54 Å². The third kappa shape index (κ3) is 5.11. The van der Waals surface area contributed by atoms with Crippen LogP contribution in [0.3, 0.4) is 0 Å². The van der Waals surface area contributed by atoms with Gasteiger partial charge in [-0.3, -0.25) is 9.69 Å². The van der Waals surface area contributed by atoms with Crippen LogP contribution in [0, 0.1) is 0 Å². The number of carbonyl (C=O) groups is 1. The molecule has 122 valence electrons. The maximum Gasteiger partial charge on any atom is 0.221 e. The van der Waals surface area contributed by atoms with Gasteiger partial charge in [-0.2, -0.15) is 0 Å². The smallest absolute Gasteiger partial charge is 0.221 e. The van der Waals surface area contributed by atoms with Crippen molar-refractivity contribution in [3.05, 3.63) is 35.4 Å². The van der Waals surface area contributed by atoms with Crippen molar-refractivity contribution < 1.29 is 4.79 Å². The first kappa shape index (κ1) is 17.0. The molecule has 1 amide bonds. The summed E-state index contributed by atoms with van der Waals surface area (Å²) in [4.78, 5) is 14.3. The fraction of sp³-hybridized carbons (Fsp3) is 0.611. The van der Waals surface area contributed by atoms with E-state index in [2.05, 4.69) is 35.3 Å². The lowest BCUT2D eigenvalue weighted by Crippen LogP contribution is -2.37. The zero-order chi connectivity index (χ0) is 15.9. The van der Waals surface area contributed by atoms with Gasteiger partial charge in [0.1, 0.15) is 0 Å². The highest BCUT2D eigenvalue weighted by molar-refractivity contribution is 5.76. The summed E-state index contributed by atoms with van der Waals surface area (Å²) < 4.78 is 0. The monoisotopic (exact) mass is 303 g/mol. The molecule has 3 N–H and O–H groups in total. The Hall–Kier alpha value is -1.39. The number of likely N-dealkylation sites (tertiary alicyclic amines) is 1. The van der Waals surface area contributed by atoms with Gasteiger partial charge in [0.05, 0.1) is 0 Å². The number of nitrogens with two attached hydrogens (primary N) is 1. The van der Waals surface area contributed by atoms with Gasteiger partial charge in [-0.15, -0.1) is 0 Å². The van der Waals surface area contributed by atoms with E-state index in [1.807, 2.05) is 13.0 Å². The molecule has 0 spiro atoms. The third-order valence-electron chi connectivity index (χ3n) is 4.42. The fourth-order valence-corrected chi connectivity index (χ4v) is 3.05. The Morgan fingerprint density at radius 2 is 2.09 bits per heavy atom. The van der Waals surface area contributed by atoms with Crippen molar-refractivity contribution in [1.29, 1.82) is 0 Å². The van der Waals surface area contributed by atoms with Gasteiger partial charge in [0.15, 0.2) is 0 Å². The van der Waals surface area contributed by atoms with Gasteiger partial charge in [0.2, 0.25) is 5.91 Å². The average molecular weight is 303 g/mol. The minimum Gasteiger partial charge on any atom is -0.352 e. The molecule has 1 saturated heterocycles. The number of carbonyl (C=O) groups excluding carboxylic acids is 1. The average Bonchev–Trinajstić information content (AvgIpc) is 2.48. The van der Waals surface area contributed by atoms with E-state index in [9.17, 15) is 4.79 Å². The molecular formula is C18H29N3O. The lowest BCUT2D eigenvalue weighted by Gasteiger charge is -2.33. The zero-order valence-electron chi connectivity index (χ0n) is 13.8. The highest BCUT2D eigenvalue weighted by atomic mass is 16.1. The summed E-state index contributed by atoms with van der Waals surface area (Å²) in [6.45, 7) is 6.90. The lowest BCUT2D eigenvalue weighted by atomic mass is 10.0. The molecule has 4 heteroatoms. The maximum atomic E-state index is 11.8. The summed E-state index contributed by atoms with van der Waals surface area (Å²) in [7, 11) is 0. The number of benzene rings is 1. The number of nitrogens with zero attached hydrogens (tertiary/aromatic N) is 1. The van der Waals surface area contributed by atoms with Crippen LogP contribution in [0.4, 0.5) is 0 Å². The molecule has 0 radical (unpaired) electrons. The molecule has 0 aromatic heterocycles. The molecule has 0 saturated carbocycles. The normalized spacial score (nSPS) is 20.6. The van der Waals surface area contributed by atoms with E-state index in [0.717, 1.165) is 6.54 Å². The van der Waals surface area contributed by atoms with E-state index >= 15 is 0 Å². The topological polar surface area (TPSA) is 58.4 Å². The molecule has 1 aliphatic heterocycles. The van der Waals surface area contributed by atoms with E-state index in [4.69, 9.17) is 5.73 Å². The second-order valence-electron chi connectivity index (χ2n) is 6.54. The molecule has 2 atom stereocenters. The molecule has 0 bridgehead atoms. The Balaban J connectivity index is 1.96. The van der Waals surface area contributed by atoms with Crippen LogP contribution in [0.5, 0.6) is 0 Å². The molecule has 1 aliphatic rings. The van der Waals surface area contributed by atoms with Crippen LogP contribution in [0.1, 0.15) is 50.7 Å². The van der Waals surface area contributed by atoms with E-state index in [0.29, 0.717) is 19.0 Å². The van der Waals surface area contributed by atoms with Crippen molar-refractivity contribution in [3.8, 4) is 0 Å². The molecule has 1 aromatic rings. The van der Waals surface area contributed by atoms with Crippen molar-refractivity contribution in [3.63, 3.8) is 0 Å². The van der Waals surface area contributed by atoms with Crippen LogP contribution >= 0.6 is 0 Å². The largest absolute Gasteiger partial charge is 0.352 e. The quantitative estimate of drug-likeness (QED) is 0.848. The lowest BCUT2D eigenvalue weighted by molar-refractivity contribution is -0.121. The summed E-state index contributed by atoms with van der Waals surface area (Å²) in [6, 6.07) is 8.96. The third-order valence-corrected chi connectivity index (χ3v) is 4.42. The van der Waals surface area contributed by atoms with Crippen molar-refractivity contribution in [2.45, 2.75) is 64.7 Å². The molecule has 2 unspecified atom stereocenters. The first-order valence-electron chi connectivity index (χ1n) is 8.39. The van der Waals surface area contributed by atoms with E-state index in [1.165, 1.54) is 36.9 Å². The van der Waals surface area contributed by atoms with Crippen LogP contribution < -0.4 is 11.1 Å². The van der Waals surface area contributed by atoms with Gasteiger partial charge in [0, 0.05) is 31.6 Å². The summed E-state index contributed by atoms with van der Waals surface area (Å²) in [6.07, 6.45) is 4.29. The van der Waals surface area contributed by atoms with E-state index in [-0.39, 0.29) is 11.9 Å². The standard InChI is InChI=1S/C18H29N3O/c1-14(19)11-18(22)20-12-16-8-3-4-9-17(16)13-21-10-6-5-7-15(21)2/h3-4,8-9,14-15H,5-7,10-13,19H2,1-2H3,(H,20,22). The second-order valence-corrected chi connectivity index (χ2v) is 6.54. The van der Waals surface area contributed by atoms with E-state index < -0.39 is 0 Å². The first-order chi connectivity index (χ1) is 10.6. The van der Waals surface area contributed by atoms with E-state index in [1.54, 1.807) is 0 Å². The van der Waals surface area contributed by atoms with Gasteiger partial charge < -0.3 is 11.1 Å². The summed E-state index contributed by atoms with van der Waals surface area (Å²) in [5.74, 6) is 0.0242. The van der Waals surface area contributed by atoms with Crippen molar-refractivity contribution >= 4 is 5.91 Å². The predicted molar refractivity (Wildman–Crippen MR) is 90.3 cm³/mol. The highest BCUT2D eigenvalue weighted by Gasteiger charge is 2.19. The molecule has 22 heavy (non-hydrogen) atoms. The molecule has 1 aromatic carbocycles. The highest BCUT2D eigenvalue weighted by Crippen LogP contribution is 2.20. The summed E-state index contributed by atoms with van der Waals surface area (Å²) in [5.41, 5.74) is 8.19. The van der Waals surface area contributed by atoms with Crippen LogP contribution in [0.25, 0.3) is 0 Å². The van der Waals surface area contributed by atoms with Gasteiger partial charge in [-0.1, -0.05) is 30.7 Å². The molecule has 4 nitrogen and oxygen atoms in total. The Morgan fingerprint density at radius 3 is 2.77 bits per heavy atom. The summed E-state index contributed by atoms with van der Waals surface area (Å²) in [5, 5.41) is 2.98. The molecule has 1 fully saturated rings. The van der Waals surface area contributed by atoms with Crippen LogP contribution in [0.2, 0.25) is 0 Å². The molecule has 2 rings (SSSR count). The number of nitrogens with one attached hydrogen (secondary N) is 1. The number of amides is 1. The van der Waals surface area contributed by atoms with Crippen molar-refractivity contribution in [1.82, 2.24) is 10.2 Å². The van der Waals surface area contributed by atoms with Gasteiger partial charge in [-0.05, 0) is 44.4 Å². The number of hydrogen-bond donors (Lipinski definition) is 2. The summed E-state index contributed by atoms with van der Waals surface area (Å²) >= 11 is 0. The molecule has 0 aliphatic carbocycles. The van der Waals surface area contributed by atoms with Gasteiger partial charge in [0.25, 0.3) is 0 Å². The maximum absolute atomic E-state index is 11.8. The van der Waals surface area contributed by atoms with Gasteiger partial charge >= 0.3 is 0 Å². The van der Waals surface area contributed by atoms with Gasteiger partial charge in [-0.25, -0.2) is 0 Å². The minimum absolute atomic E-state index is 0.0242. The van der Waals surface area contributed by atoms with Crippen LogP contribution in [0.15, 0.2) is 24.3 Å². The van der Waals surface area contributed by atoms with Crippen molar-refractivity contribution in [2.24, 2.45) is 5.73 Å². The SMILES string of the molecule is CC(N)CC(=O)NCc1ccccc1CN1CCCCC1C. The number of rotatable bonds is 6. The molecular weight excluding hydrogens is 274 g/mol. The Kier molecular flexibility index (Phi) is 6.40. The Bertz CT molecular complexity index is 487. The van der Waals surface area contributed by atoms with Crippen LogP contribution in [-0.4, -0.2) is 29.4 Å². The second kappa shape index (κ2) is 8.30. The number of piperidine rings is 1.